The van der Waals surface area contributed by atoms with E-state index in [2.05, 4.69) is 35.4 Å². The lowest BCUT2D eigenvalue weighted by Gasteiger charge is -2.13. The molecule has 0 aliphatic carbocycles. The van der Waals surface area contributed by atoms with Crippen molar-refractivity contribution < 1.29 is 17.9 Å². The molecular formula is C22H26N8O4S. The van der Waals surface area contributed by atoms with Crippen molar-refractivity contribution in [3.05, 3.63) is 42.9 Å². The number of nitrogens with zero attached hydrogens (tertiary/aromatic N) is 5. The molecule has 4 rings (SSSR count). The van der Waals surface area contributed by atoms with E-state index in [1.165, 1.54) is 20.4 Å². The van der Waals surface area contributed by atoms with E-state index in [0.29, 0.717) is 46.9 Å². The highest BCUT2D eigenvalue weighted by atomic mass is 32.2. The Bertz CT molecular complexity index is 1460. The van der Waals surface area contributed by atoms with Crippen molar-refractivity contribution in [2.45, 2.75) is 13.3 Å². The first-order chi connectivity index (χ1) is 16.9. The molecule has 0 spiro atoms. The number of hydrogen-bond donors (Lipinski definition) is 3. The van der Waals surface area contributed by atoms with Gasteiger partial charge in [-0.25, -0.2) is 28.1 Å². The second kappa shape index (κ2) is 10.0. The zero-order valence-corrected chi connectivity index (χ0v) is 20.5. The molecule has 0 bridgehead atoms. The third-order valence-electron chi connectivity index (χ3n) is 5.06. The maximum atomic E-state index is 12.2. The third kappa shape index (κ3) is 5.04. The summed E-state index contributed by atoms with van der Waals surface area (Å²) in [4.78, 5) is 12.9. The van der Waals surface area contributed by atoms with Crippen molar-refractivity contribution in [2.24, 2.45) is 0 Å². The molecule has 0 fully saturated rings. The molecule has 0 atom stereocenters. The Morgan fingerprint density at radius 3 is 2.54 bits per heavy atom. The van der Waals surface area contributed by atoms with Crippen molar-refractivity contribution in [1.82, 2.24) is 24.7 Å². The summed E-state index contributed by atoms with van der Waals surface area (Å²) in [6, 6.07) is 6.85. The van der Waals surface area contributed by atoms with Crippen LogP contribution in [0.4, 0.5) is 23.1 Å². The molecule has 0 saturated carbocycles. The fourth-order valence-corrected chi connectivity index (χ4v) is 4.67. The van der Waals surface area contributed by atoms with Gasteiger partial charge in [0, 0.05) is 37.8 Å². The molecule has 0 aliphatic rings. The average Bonchev–Trinajstić information content (AvgIpc) is 3.21. The van der Waals surface area contributed by atoms with Gasteiger partial charge in [0.15, 0.2) is 11.6 Å². The fraction of sp³-hybridized carbons (Fsp3) is 0.273. The fourth-order valence-electron chi connectivity index (χ4n) is 3.54. The topological polar surface area (TPSA) is 145 Å². The van der Waals surface area contributed by atoms with Gasteiger partial charge in [0.25, 0.3) is 5.88 Å². The molecule has 0 unspecified atom stereocenters. The molecule has 0 radical (unpaired) electrons. The lowest BCUT2D eigenvalue weighted by molar-refractivity contribution is 0.398. The summed E-state index contributed by atoms with van der Waals surface area (Å²) in [5.41, 5.74) is 1.75. The van der Waals surface area contributed by atoms with Crippen molar-refractivity contribution >= 4 is 44.1 Å². The van der Waals surface area contributed by atoms with Gasteiger partial charge < -0.3 is 20.1 Å². The molecule has 12 nitrogen and oxygen atoms in total. The Morgan fingerprint density at radius 2 is 1.83 bits per heavy atom. The van der Waals surface area contributed by atoms with Gasteiger partial charge in [-0.05, 0) is 18.6 Å². The van der Waals surface area contributed by atoms with Crippen LogP contribution in [0.15, 0.2) is 42.9 Å². The molecule has 3 heterocycles. The van der Waals surface area contributed by atoms with Crippen LogP contribution in [-0.4, -0.2) is 60.2 Å². The molecule has 0 aliphatic heterocycles. The summed E-state index contributed by atoms with van der Waals surface area (Å²) >= 11 is 0. The van der Waals surface area contributed by atoms with Gasteiger partial charge in [-0.3, -0.25) is 4.72 Å². The molecule has 0 saturated heterocycles. The number of benzene rings is 1. The summed E-state index contributed by atoms with van der Waals surface area (Å²) < 4.78 is 39.5. The van der Waals surface area contributed by atoms with E-state index in [-0.39, 0.29) is 5.75 Å². The van der Waals surface area contributed by atoms with Gasteiger partial charge in [0.1, 0.15) is 17.3 Å². The second-order valence-corrected chi connectivity index (χ2v) is 9.29. The van der Waals surface area contributed by atoms with E-state index < -0.39 is 10.0 Å². The Labute approximate surface area is 202 Å². The number of methoxy groups -OCH3 is 2. The van der Waals surface area contributed by atoms with Crippen LogP contribution < -0.4 is 24.8 Å². The number of pyridine rings is 1. The molecule has 13 heteroatoms. The number of hydrogen-bond acceptors (Lipinski definition) is 10. The number of sulfonamides is 1. The maximum absolute atomic E-state index is 12.2. The van der Waals surface area contributed by atoms with E-state index in [0.717, 1.165) is 10.9 Å². The van der Waals surface area contributed by atoms with Crippen molar-refractivity contribution in [3.8, 4) is 17.3 Å². The molecule has 4 aromatic rings. The van der Waals surface area contributed by atoms with E-state index in [1.54, 1.807) is 42.3 Å². The van der Waals surface area contributed by atoms with Crippen LogP contribution in [0.5, 0.6) is 11.6 Å². The highest BCUT2D eigenvalue weighted by molar-refractivity contribution is 7.92. The van der Waals surface area contributed by atoms with Crippen LogP contribution in [0, 0.1) is 0 Å². The number of nitrogens with one attached hydrogen (secondary N) is 3. The number of rotatable bonds is 10. The molecule has 1 aromatic carbocycles. The first-order valence-corrected chi connectivity index (χ1v) is 12.4. The van der Waals surface area contributed by atoms with Crippen LogP contribution in [0.1, 0.15) is 13.3 Å². The molecule has 3 aromatic heterocycles. The largest absolute Gasteiger partial charge is 0.494 e. The number of aromatic nitrogens is 5. The Hall–Kier alpha value is -4.13. The normalized spacial score (nSPS) is 11.3. The Balaban J connectivity index is 1.77. The van der Waals surface area contributed by atoms with Crippen molar-refractivity contribution in [1.29, 1.82) is 0 Å². The maximum Gasteiger partial charge on any atom is 0.257 e. The SMILES string of the molecule is CCCS(=O)(=O)Nc1ccc(-n2nc(NC)c3cnc(Nc4nccnc4OC)cc32)c(OC)c1. The number of ether oxygens (including phenoxy) is 2. The monoisotopic (exact) mass is 498 g/mol. The van der Waals surface area contributed by atoms with E-state index in [4.69, 9.17) is 9.47 Å². The van der Waals surface area contributed by atoms with Crippen molar-refractivity contribution in [3.63, 3.8) is 0 Å². The predicted molar refractivity (Wildman–Crippen MR) is 135 cm³/mol. The highest BCUT2D eigenvalue weighted by Crippen LogP contribution is 2.33. The van der Waals surface area contributed by atoms with Gasteiger partial charge in [-0.15, -0.1) is 5.10 Å². The molecule has 184 valence electrons. The Kier molecular flexibility index (Phi) is 6.87. The minimum Gasteiger partial charge on any atom is -0.494 e. The first-order valence-electron chi connectivity index (χ1n) is 10.8. The molecule has 0 amide bonds. The van der Waals surface area contributed by atoms with E-state index in [9.17, 15) is 8.42 Å². The highest BCUT2D eigenvalue weighted by Gasteiger charge is 2.18. The summed E-state index contributed by atoms with van der Waals surface area (Å²) in [6.07, 6.45) is 5.29. The standard InChI is InChI=1S/C22H26N8O4S/c1-5-10-35(31,32)29-14-6-7-16(18(11-14)33-3)30-17-12-19(26-13-15(17)20(23-2)28-30)27-21-22(34-4)25-9-8-24-21/h6-9,11-13,29H,5,10H2,1-4H3,(H,23,28)(H,24,26,27). The van der Waals surface area contributed by atoms with Crippen LogP contribution in [0.25, 0.3) is 16.6 Å². The predicted octanol–water partition coefficient (Wildman–Crippen LogP) is 3.16. The summed E-state index contributed by atoms with van der Waals surface area (Å²) in [6.45, 7) is 1.81. The smallest absolute Gasteiger partial charge is 0.257 e. The Morgan fingerprint density at radius 1 is 1.03 bits per heavy atom. The second-order valence-electron chi connectivity index (χ2n) is 7.44. The van der Waals surface area contributed by atoms with Gasteiger partial charge in [0.05, 0.1) is 36.6 Å². The summed E-state index contributed by atoms with van der Waals surface area (Å²) in [5.74, 6) is 2.35. The molecule has 35 heavy (non-hydrogen) atoms. The first kappa shape index (κ1) is 24.0. The minimum absolute atomic E-state index is 0.0335. The van der Waals surface area contributed by atoms with Crippen LogP contribution in [-0.2, 0) is 10.0 Å². The van der Waals surface area contributed by atoms with Gasteiger partial charge in [-0.2, -0.15) is 0 Å². The zero-order valence-electron chi connectivity index (χ0n) is 19.7. The molecule has 3 N–H and O–H groups in total. The lowest BCUT2D eigenvalue weighted by atomic mass is 10.2. The van der Waals surface area contributed by atoms with Crippen molar-refractivity contribution in [2.75, 3.05) is 42.4 Å². The number of anilines is 4. The lowest BCUT2D eigenvalue weighted by Crippen LogP contribution is -2.16. The van der Waals surface area contributed by atoms with Gasteiger partial charge in [0.2, 0.25) is 10.0 Å². The average molecular weight is 499 g/mol. The van der Waals surface area contributed by atoms with Crippen LogP contribution in [0.3, 0.4) is 0 Å². The molecular weight excluding hydrogens is 472 g/mol. The quantitative estimate of drug-likeness (QED) is 0.298. The van der Waals surface area contributed by atoms with Gasteiger partial charge >= 0.3 is 0 Å². The van der Waals surface area contributed by atoms with E-state index in [1.807, 2.05) is 13.0 Å². The third-order valence-corrected chi connectivity index (χ3v) is 6.55. The summed E-state index contributed by atoms with van der Waals surface area (Å²) in [5, 5.41) is 11.6. The van der Waals surface area contributed by atoms with Gasteiger partial charge in [-0.1, -0.05) is 6.92 Å². The zero-order chi connectivity index (χ0) is 25.0. The summed E-state index contributed by atoms with van der Waals surface area (Å²) in [7, 11) is 1.36. The minimum atomic E-state index is -3.44. The van der Waals surface area contributed by atoms with E-state index >= 15 is 0 Å². The number of fused-ring (bicyclic) bond motifs is 1. The van der Waals surface area contributed by atoms with Crippen LogP contribution >= 0.6 is 0 Å². The van der Waals surface area contributed by atoms with Crippen LogP contribution in [0.2, 0.25) is 0 Å².